The Bertz CT molecular complexity index is 451. The van der Waals surface area contributed by atoms with Gasteiger partial charge in [0.1, 0.15) is 0 Å². The second-order valence-electron chi connectivity index (χ2n) is 4.57. The quantitative estimate of drug-likeness (QED) is 0.818. The average molecular weight is 245 g/mol. The largest absolute Gasteiger partial charge is 0.380 e. The van der Waals surface area contributed by atoms with Crippen molar-refractivity contribution in [2.75, 3.05) is 26.8 Å². The Morgan fingerprint density at radius 1 is 1.33 bits per heavy atom. The molecule has 1 aromatic carbocycles. The van der Waals surface area contributed by atoms with Crippen molar-refractivity contribution in [1.82, 2.24) is 4.90 Å². The van der Waals surface area contributed by atoms with E-state index in [1.54, 1.807) is 14.0 Å². The molecule has 0 aromatic heterocycles. The van der Waals surface area contributed by atoms with Crippen LogP contribution in [0.5, 0.6) is 0 Å². The van der Waals surface area contributed by atoms with Crippen LogP contribution < -0.4 is 0 Å². The third kappa shape index (κ3) is 2.79. The normalized spacial score (nSPS) is 16.0. The van der Waals surface area contributed by atoms with E-state index in [4.69, 9.17) is 4.74 Å². The summed E-state index contributed by atoms with van der Waals surface area (Å²) in [6.07, 6.45) is 0.905. The summed E-state index contributed by atoms with van der Waals surface area (Å²) in [5.74, 6) is 0.135. The smallest absolute Gasteiger partial charge is 0.219 e. The standard InChI is InChI=1S/C15H19NO2/c1-12(17)16-9-8-15(14(10-16)11-18-2)13-6-4-3-5-7-13/h3-7H,8-11H2,1-2H3. The van der Waals surface area contributed by atoms with Crippen LogP contribution in [0.25, 0.3) is 5.57 Å². The van der Waals surface area contributed by atoms with Crippen LogP contribution >= 0.6 is 0 Å². The van der Waals surface area contributed by atoms with E-state index in [9.17, 15) is 4.79 Å². The van der Waals surface area contributed by atoms with Crippen LogP contribution in [-0.2, 0) is 9.53 Å². The fourth-order valence-corrected chi connectivity index (χ4v) is 2.39. The highest BCUT2D eigenvalue weighted by Crippen LogP contribution is 2.27. The van der Waals surface area contributed by atoms with Gasteiger partial charge in [-0.25, -0.2) is 0 Å². The van der Waals surface area contributed by atoms with E-state index in [0.717, 1.165) is 13.0 Å². The molecule has 0 radical (unpaired) electrons. The third-order valence-corrected chi connectivity index (χ3v) is 3.33. The van der Waals surface area contributed by atoms with E-state index in [1.165, 1.54) is 16.7 Å². The number of carbonyl (C=O) groups excluding carboxylic acids is 1. The first-order valence-corrected chi connectivity index (χ1v) is 6.23. The lowest BCUT2D eigenvalue weighted by Gasteiger charge is -2.30. The summed E-state index contributed by atoms with van der Waals surface area (Å²) in [6, 6.07) is 10.3. The molecule has 18 heavy (non-hydrogen) atoms. The number of rotatable bonds is 3. The fraction of sp³-hybridized carbons (Fsp3) is 0.400. The SMILES string of the molecule is COCC1=C(c2ccccc2)CCN(C(C)=O)C1. The van der Waals surface area contributed by atoms with E-state index in [1.807, 2.05) is 23.1 Å². The van der Waals surface area contributed by atoms with Gasteiger partial charge >= 0.3 is 0 Å². The van der Waals surface area contributed by atoms with Crippen LogP contribution in [0.15, 0.2) is 35.9 Å². The molecule has 0 unspecified atom stereocenters. The van der Waals surface area contributed by atoms with Crippen molar-refractivity contribution < 1.29 is 9.53 Å². The number of hydrogen-bond donors (Lipinski definition) is 0. The van der Waals surface area contributed by atoms with E-state index < -0.39 is 0 Å². The van der Waals surface area contributed by atoms with Gasteiger partial charge in [0.25, 0.3) is 0 Å². The van der Waals surface area contributed by atoms with Gasteiger partial charge in [-0.1, -0.05) is 30.3 Å². The summed E-state index contributed by atoms with van der Waals surface area (Å²) in [5, 5.41) is 0. The van der Waals surface area contributed by atoms with Crippen molar-refractivity contribution in [3.8, 4) is 0 Å². The molecule has 0 saturated heterocycles. The summed E-state index contributed by atoms with van der Waals surface area (Å²) in [6.45, 7) is 3.70. The second-order valence-corrected chi connectivity index (χ2v) is 4.57. The molecule has 0 saturated carbocycles. The molecule has 2 rings (SSSR count). The predicted octanol–water partition coefficient (Wildman–Crippen LogP) is 2.34. The molecule has 0 atom stereocenters. The Morgan fingerprint density at radius 3 is 2.67 bits per heavy atom. The minimum Gasteiger partial charge on any atom is -0.380 e. The molecule has 1 amide bonds. The molecule has 0 spiro atoms. The molecule has 0 aliphatic carbocycles. The summed E-state index contributed by atoms with van der Waals surface area (Å²) in [7, 11) is 1.70. The maximum Gasteiger partial charge on any atom is 0.219 e. The third-order valence-electron chi connectivity index (χ3n) is 3.33. The average Bonchev–Trinajstić information content (AvgIpc) is 2.40. The fourth-order valence-electron chi connectivity index (χ4n) is 2.39. The Labute approximate surface area is 108 Å². The summed E-state index contributed by atoms with van der Waals surface area (Å²) >= 11 is 0. The van der Waals surface area contributed by atoms with Crippen molar-refractivity contribution in [2.45, 2.75) is 13.3 Å². The number of carbonyl (C=O) groups is 1. The van der Waals surface area contributed by atoms with Gasteiger partial charge in [0.2, 0.25) is 5.91 Å². The lowest BCUT2D eigenvalue weighted by molar-refractivity contribution is -0.128. The molecule has 3 heteroatoms. The monoisotopic (exact) mass is 245 g/mol. The zero-order chi connectivity index (χ0) is 13.0. The zero-order valence-electron chi connectivity index (χ0n) is 11.0. The van der Waals surface area contributed by atoms with Gasteiger partial charge in [0.05, 0.1) is 6.61 Å². The van der Waals surface area contributed by atoms with Crippen molar-refractivity contribution in [2.24, 2.45) is 0 Å². The van der Waals surface area contributed by atoms with Crippen molar-refractivity contribution in [1.29, 1.82) is 0 Å². The molecule has 1 aliphatic rings. The molecular weight excluding hydrogens is 226 g/mol. The first kappa shape index (κ1) is 12.8. The predicted molar refractivity (Wildman–Crippen MR) is 72.1 cm³/mol. The Kier molecular flexibility index (Phi) is 4.15. The van der Waals surface area contributed by atoms with Gasteiger partial charge in [0.15, 0.2) is 0 Å². The summed E-state index contributed by atoms with van der Waals surface area (Å²) in [4.78, 5) is 13.3. The number of hydrogen-bond acceptors (Lipinski definition) is 2. The highest BCUT2D eigenvalue weighted by molar-refractivity contribution is 5.77. The van der Waals surface area contributed by atoms with E-state index in [2.05, 4.69) is 12.1 Å². The molecular formula is C15H19NO2. The summed E-state index contributed by atoms with van der Waals surface area (Å²) < 4.78 is 5.27. The van der Waals surface area contributed by atoms with Gasteiger partial charge < -0.3 is 9.64 Å². The Hall–Kier alpha value is -1.61. The van der Waals surface area contributed by atoms with E-state index in [0.29, 0.717) is 13.2 Å². The van der Waals surface area contributed by atoms with Gasteiger partial charge in [-0.2, -0.15) is 0 Å². The summed E-state index contributed by atoms with van der Waals surface area (Å²) in [5.41, 5.74) is 3.79. The Morgan fingerprint density at radius 2 is 2.06 bits per heavy atom. The number of amides is 1. The number of methoxy groups -OCH3 is 1. The van der Waals surface area contributed by atoms with Gasteiger partial charge in [-0.15, -0.1) is 0 Å². The maximum atomic E-state index is 11.5. The van der Waals surface area contributed by atoms with E-state index >= 15 is 0 Å². The van der Waals surface area contributed by atoms with Crippen LogP contribution in [-0.4, -0.2) is 37.6 Å². The van der Waals surface area contributed by atoms with Crippen molar-refractivity contribution in [3.63, 3.8) is 0 Å². The highest BCUT2D eigenvalue weighted by Gasteiger charge is 2.21. The maximum absolute atomic E-state index is 11.5. The van der Waals surface area contributed by atoms with Crippen molar-refractivity contribution >= 4 is 11.5 Å². The topological polar surface area (TPSA) is 29.5 Å². The molecule has 96 valence electrons. The number of nitrogens with zero attached hydrogens (tertiary/aromatic N) is 1. The first-order valence-electron chi connectivity index (χ1n) is 6.23. The second kappa shape index (κ2) is 5.83. The van der Waals surface area contributed by atoms with Crippen LogP contribution in [0.1, 0.15) is 18.9 Å². The zero-order valence-corrected chi connectivity index (χ0v) is 11.0. The lowest BCUT2D eigenvalue weighted by atomic mass is 9.93. The van der Waals surface area contributed by atoms with Gasteiger partial charge in [0, 0.05) is 27.1 Å². The van der Waals surface area contributed by atoms with Gasteiger partial charge in [-0.3, -0.25) is 4.79 Å². The number of ether oxygens (including phenoxy) is 1. The van der Waals surface area contributed by atoms with Crippen LogP contribution in [0.4, 0.5) is 0 Å². The first-order chi connectivity index (χ1) is 8.72. The molecule has 0 N–H and O–H groups in total. The molecule has 1 aliphatic heterocycles. The van der Waals surface area contributed by atoms with Crippen LogP contribution in [0.2, 0.25) is 0 Å². The molecule has 0 bridgehead atoms. The molecule has 1 aromatic rings. The van der Waals surface area contributed by atoms with E-state index in [-0.39, 0.29) is 5.91 Å². The van der Waals surface area contributed by atoms with Gasteiger partial charge in [-0.05, 0) is 23.1 Å². The molecule has 1 heterocycles. The minimum atomic E-state index is 0.135. The highest BCUT2D eigenvalue weighted by atomic mass is 16.5. The minimum absolute atomic E-state index is 0.135. The molecule has 0 fully saturated rings. The van der Waals surface area contributed by atoms with Crippen LogP contribution in [0.3, 0.4) is 0 Å². The molecule has 3 nitrogen and oxygen atoms in total. The lowest BCUT2D eigenvalue weighted by Crippen LogP contribution is -2.36. The van der Waals surface area contributed by atoms with Crippen LogP contribution in [0, 0.1) is 0 Å². The number of benzene rings is 1. The van der Waals surface area contributed by atoms with Crippen molar-refractivity contribution in [3.05, 3.63) is 41.5 Å². The Balaban J connectivity index is 2.30.